The summed E-state index contributed by atoms with van der Waals surface area (Å²) in [4.78, 5) is 18.3. The van der Waals surface area contributed by atoms with Crippen LogP contribution in [0, 0.1) is 5.92 Å². The number of hydrogen-bond acceptors (Lipinski definition) is 1. The molecule has 4 rings (SSSR count). The zero-order chi connectivity index (χ0) is 14.2. The summed E-state index contributed by atoms with van der Waals surface area (Å²) < 4.78 is 0. The SMILES string of the molecule is O=C(C1CCCCC1)N1CCc2c([nH]c3ccccc23)C1. The second-order valence-electron chi connectivity index (χ2n) is 6.47. The van der Waals surface area contributed by atoms with Gasteiger partial charge in [-0.2, -0.15) is 0 Å². The molecule has 0 saturated heterocycles. The first-order valence-electron chi connectivity index (χ1n) is 8.20. The van der Waals surface area contributed by atoms with Crippen LogP contribution >= 0.6 is 0 Å². The molecule has 3 nitrogen and oxygen atoms in total. The van der Waals surface area contributed by atoms with Crippen LogP contribution in [0.1, 0.15) is 43.4 Å². The molecule has 1 aliphatic heterocycles. The molecule has 2 aliphatic rings. The summed E-state index contributed by atoms with van der Waals surface area (Å²) in [6.45, 7) is 1.64. The molecule has 0 unspecified atom stereocenters. The van der Waals surface area contributed by atoms with Crippen molar-refractivity contribution in [1.29, 1.82) is 0 Å². The fraction of sp³-hybridized carbons (Fsp3) is 0.500. The first-order chi connectivity index (χ1) is 10.3. The Kier molecular flexibility index (Phi) is 3.21. The smallest absolute Gasteiger partial charge is 0.226 e. The van der Waals surface area contributed by atoms with E-state index < -0.39 is 0 Å². The lowest BCUT2D eigenvalue weighted by molar-refractivity contribution is -0.137. The molecule has 21 heavy (non-hydrogen) atoms. The Hall–Kier alpha value is -1.77. The third-order valence-corrected chi connectivity index (χ3v) is 5.15. The van der Waals surface area contributed by atoms with Crippen molar-refractivity contribution in [1.82, 2.24) is 9.88 Å². The van der Waals surface area contributed by atoms with Gasteiger partial charge in [0.2, 0.25) is 5.91 Å². The Bertz CT molecular complexity index is 667. The normalized spacial score (nSPS) is 19.7. The molecule has 1 aliphatic carbocycles. The summed E-state index contributed by atoms with van der Waals surface area (Å²) in [6, 6.07) is 8.47. The topological polar surface area (TPSA) is 36.1 Å². The van der Waals surface area contributed by atoms with Crippen LogP contribution in [0.4, 0.5) is 0 Å². The Labute approximate surface area is 125 Å². The monoisotopic (exact) mass is 282 g/mol. The summed E-state index contributed by atoms with van der Waals surface area (Å²) in [6.07, 6.45) is 6.92. The fourth-order valence-electron chi connectivity index (χ4n) is 3.99. The molecular weight excluding hydrogens is 260 g/mol. The van der Waals surface area contributed by atoms with E-state index in [1.54, 1.807) is 0 Å². The van der Waals surface area contributed by atoms with Crippen molar-refractivity contribution in [3.8, 4) is 0 Å². The first kappa shape index (κ1) is 12.9. The highest BCUT2D eigenvalue weighted by Gasteiger charge is 2.29. The Morgan fingerprint density at radius 1 is 1.14 bits per heavy atom. The Morgan fingerprint density at radius 3 is 2.81 bits per heavy atom. The molecule has 0 atom stereocenters. The number of H-pyrrole nitrogens is 1. The van der Waals surface area contributed by atoms with Crippen molar-refractivity contribution >= 4 is 16.8 Å². The highest BCUT2D eigenvalue weighted by atomic mass is 16.2. The summed E-state index contributed by atoms with van der Waals surface area (Å²) in [5, 5.41) is 1.33. The summed E-state index contributed by atoms with van der Waals surface area (Å²) in [5.41, 5.74) is 3.86. The van der Waals surface area contributed by atoms with Gasteiger partial charge in [0.15, 0.2) is 0 Å². The third kappa shape index (κ3) is 2.25. The van der Waals surface area contributed by atoms with E-state index >= 15 is 0 Å². The van der Waals surface area contributed by atoms with Gasteiger partial charge < -0.3 is 9.88 Å². The molecule has 1 amide bonds. The van der Waals surface area contributed by atoms with Crippen LogP contribution < -0.4 is 0 Å². The standard InChI is InChI=1S/C18H22N2O/c21-18(13-6-2-1-3-7-13)20-11-10-15-14-8-4-5-9-16(14)19-17(15)12-20/h4-5,8-9,13,19H,1-3,6-7,10-12H2. The molecule has 2 aromatic rings. The summed E-state index contributed by atoms with van der Waals surface area (Å²) in [7, 11) is 0. The molecule has 0 bridgehead atoms. The van der Waals surface area contributed by atoms with E-state index in [2.05, 4.69) is 34.1 Å². The van der Waals surface area contributed by atoms with E-state index in [4.69, 9.17) is 0 Å². The number of nitrogens with one attached hydrogen (secondary N) is 1. The number of aromatic amines is 1. The molecule has 0 radical (unpaired) electrons. The minimum absolute atomic E-state index is 0.282. The summed E-state index contributed by atoms with van der Waals surface area (Å²) in [5.74, 6) is 0.670. The van der Waals surface area contributed by atoms with Crippen LogP contribution in [-0.4, -0.2) is 22.3 Å². The lowest BCUT2D eigenvalue weighted by Crippen LogP contribution is -2.40. The van der Waals surface area contributed by atoms with Gasteiger partial charge in [0.25, 0.3) is 0 Å². The van der Waals surface area contributed by atoms with Crippen molar-refractivity contribution in [2.24, 2.45) is 5.92 Å². The largest absolute Gasteiger partial charge is 0.357 e. The van der Waals surface area contributed by atoms with E-state index in [0.717, 1.165) is 32.4 Å². The quantitative estimate of drug-likeness (QED) is 0.852. The number of aromatic nitrogens is 1. The number of nitrogens with zero attached hydrogens (tertiary/aromatic N) is 1. The van der Waals surface area contributed by atoms with Gasteiger partial charge in [-0.3, -0.25) is 4.79 Å². The van der Waals surface area contributed by atoms with Gasteiger partial charge in [-0.25, -0.2) is 0 Å². The molecule has 1 N–H and O–H groups in total. The van der Waals surface area contributed by atoms with Crippen LogP contribution in [0.15, 0.2) is 24.3 Å². The van der Waals surface area contributed by atoms with Crippen molar-refractivity contribution in [3.63, 3.8) is 0 Å². The first-order valence-corrected chi connectivity index (χ1v) is 8.20. The lowest BCUT2D eigenvalue weighted by atomic mass is 9.88. The molecule has 1 saturated carbocycles. The predicted octanol–water partition coefficient (Wildman–Crippen LogP) is 3.63. The van der Waals surface area contributed by atoms with Gasteiger partial charge in [-0.15, -0.1) is 0 Å². The van der Waals surface area contributed by atoms with E-state index in [9.17, 15) is 4.79 Å². The zero-order valence-electron chi connectivity index (χ0n) is 12.4. The molecule has 1 aromatic carbocycles. The van der Waals surface area contributed by atoms with Crippen molar-refractivity contribution in [2.45, 2.75) is 45.1 Å². The average Bonchev–Trinajstić information content (AvgIpc) is 2.92. The van der Waals surface area contributed by atoms with E-state index in [0.29, 0.717) is 5.91 Å². The van der Waals surface area contributed by atoms with Crippen LogP contribution in [0.5, 0.6) is 0 Å². The lowest BCUT2D eigenvalue weighted by Gasteiger charge is -2.32. The second-order valence-corrected chi connectivity index (χ2v) is 6.47. The van der Waals surface area contributed by atoms with Crippen LogP contribution in [0.2, 0.25) is 0 Å². The van der Waals surface area contributed by atoms with Crippen LogP contribution in [0.25, 0.3) is 10.9 Å². The maximum absolute atomic E-state index is 12.7. The minimum atomic E-state index is 0.282. The number of carbonyl (C=O) groups excluding carboxylic acids is 1. The van der Waals surface area contributed by atoms with Crippen molar-refractivity contribution in [2.75, 3.05) is 6.54 Å². The van der Waals surface area contributed by atoms with E-state index in [1.807, 2.05) is 0 Å². The molecule has 1 fully saturated rings. The van der Waals surface area contributed by atoms with Gasteiger partial charge in [0.05, 0.1) is 6.54 Å². The number of fused-ring (bicyclic) bond motifs is 3. The number of benzene rings is 1. The van der Waals surface area contributed by atoms with Crippen LogP contribution in [0.3, 0.4) is 0 Å². The number of rotatable bonds is 1. The summed E-state index contributed by atoms with van der Waals surface area (Å²) >= 11 is 0. The highest BCUT2D eigenvalue weighted by molar-refractivity contribution is 5.86. The molecule has 110 valence electrons. The number of hydrogen-bond donors (Lipinski definition) is 1. The molecule has 1 aromatic heterocycles. The van der Waals surface area contributed by atoms with Gasteiger partial charge in [0.1, 0.15) is 0 Å². The van der Waals surface area contributed by atoms with Gasteiger partial charge in [0, 0.05) is 29.1 Å². The van der Waals surface area contributed by atoms with Gasteiger partial charge in [-0.1, -0.05) is 37.5 Å². The van der Waals surface area contributed by atoms with Gasteiger partial charge >= 0.3 is 0 Å². The second kappa shape index (κ2) is 5.21. The van der Waals surface area contributed by atoms with Crippen molar-refractivity contribution < 1.29 is 4.79 Å². The molecule has 3 heteroatoms. The third-order valence-electron chi connectivity index (χ3n) is 5.15. The average molecular weight is 282 g/mol. The maximum atomic E-state index is 12.7. The number of amides is 1. The Morgan fingerprint density at radius 2 is 1.95 bits per heavy atom. The number of para-hydroxylation sites is 1. The van der Waals surface area contributed by atoms with Gasteiger partial charge in [-0.05, 0) is 30.9 Å². The molecule has 2 heterocycles. The Balaban J connectivity index is 1.57. The highest BCUT2D eigenvalue weighted by Crippen LogP contribution is 2.30. The molecular formula is C18H22N2O. The van der Waals surface area contributed by atoms with Crippen molar-refractivity contribution in [3.05, 3.63) is 35.5 Å². The minimum Gasteiger partial charge on any atom is -0.357 e. The van der Waals surface area contributed by atoms with E-state index in [1.165, 1.54) is 41.4 Å². The zero-order valence-corrected chi connectivity index (χ0v) is 12.4. The molecule has 0 spiro atoms. The van der Waals surface area contributed by atoms with E-state index in [-0.39, 0.29) is 5.92 Å². The number of carbonyl (C=O) groups is 1. The van der Waals surface area contributed by atoms with Crippen LogP contribution in [-0.2, 0) is 17.8 Å². The fourth-order valence-corrected chi connectivity index (χ4v) is 3.99. The maximum Gasteiger partial charge on any atom is 0.226 e. The predicted molar refractivity (Wildman–Crippen MR) is 84.0 cm³/mol.